The summed E-state index contributed by atoms with van der Waals surface area (Å²) in [4.78, 5) is 22.8. The van der Waals surface area contributed by atoms with Crippen LogP contribution in [0.4, 0.5) is 36.3 Å². The van der Waals surface area contributed by atoms with Crippen LogP contribution in [0.1, 0.15) is 64.2 Å². The molecule has 5 rings (SSSR count). The van der Waals surface area contributed by atoms with E-state index in [1.165, 1.54) is 18.7 Å². The van der Waals surface area contributed by atoms with E-state index >= 15 is 0 Å². The number of nitrogens with zero attached hydrogens (tertiary/aromatic N) is 3. The quantitative estimate of drug-likeness (QED) is 0.231. The number of fused-ring (bicyclic) bond motifs is 1. The van der Waals surface area contributed by atoms with E-state index in [4.69, 9.17) is 9.26 Å². The zero-order valence-electron chi connectivity index (χ0n) is 23.9. The molecule has 2 aliphatic rings. The number of ether oxygens (including phenoxy) is 1. The van der Waals surface area contributed by atoms with E-state index in [1.54, 1.807) is 31.3 Å². The average molecular weight is 619 g/mol. The van der Waals surface area contributed by atoms with Gasteiger partial charge < -0.3 is 25.4 Å². The van der Waals surface area contributed by atoms with E-state index in [0.29, 0.717) is 48.1 Å². The number of halogens is 3. The normalized spacial score (nSPS) is 18.8. The van der Waals surface area contributed by atoms with Crippen LogP contribution >= 0.6 is 8.03 Å². The number of anilines is 4. The second-order valence-electron chi connectivity index (χ2n) is 10.7. The molecule has 3 aromatic rings. The lowest BCUT2D eigenvalue weighted by molar-refractivity contribution is -0.137. The van der Waals surface area contributed by atoms with E-state index in [1.807, 2.05) is 6.07 Å². The first-order valence-electron chi connectivity index (χ1n) is 13.7. The number of alkyl halides is 3. The van der Waals surface area contributed by atoms with Crippen LogP contribution in [0.2, 0.25) is 0 Å². The molecule has 1 aliphatic heterocycles. The van der Waals surface area contributed by atoms with E-state index < -0.39 is 25.6 Å². The van der Waals surface area contributed by atoms with E-state index in [9.17, 15) is 27.6 Å². The van der Waals surface area contributed by atoms with Gasteiger partial charge in [0.2, 0.25) is 5.95 Å². The Hall–Kier alpha value is -3.80. The van der Waals surface area contributed by atoms with Crippen molar-refractivity contribution in [2.24, 2.45) is 0 Å². The Labute approximate surface area is 247 Å². The summed E-state index contributed by atoms with van der Waals surface area (Å²) in [5.41, 5.74) is 2.27. The topological polar surface area (TPSA) is 126 Å². The second kappa shape index (κ2) is 12.4. The highest BCUT2D eigenvalue weighted by molar-refractivity contribution is 7.38. The molecule has 228 valence electrons. The van der Waals surface area contributed by atoms with Crippen molar-refractivity contribution in [2.75, 3.05) is 31.5 Å². The van der Waals surface area contributed by atoms with Crippen molar-refractivity contribution >= 4 is 37.1 Å². The third-order valence-electron chi connectivity index (χ3n) is 7.71. The first-order valence-corrected chi connectivity index (χ1v) is 15.3. The minimum absolute atomic E-state index is 0.0902. The van der Waals surface area contributed by atoms with Crippen LogP contribution in [-0.2, 0) is 28.4 Å². The predicted molar refractivity (Wildman–Crippen MR) is 154 cm³/mol. The number of aliphatic hydroxyl groups is 1. The van der Waals surface area contributed by atoms with Crippen molar-refractivity contribution in [1.29, 1.82) is 0 Å². The molecule has 1 aromatic heterocycles. The van der Waals surface area contributed by atoms with Gasteiger partial charge in [-0.3, -0.25) is 4.79 Å². The van der Waals surface area contributed by atoms with Crippen LogP contribution < -0.4 is 15.4 Å². The maximum Gasteiger partial charge on any atom is 0.505 e. The third kappa shape index (κ3) is 6.74. The van der Waals surface area contributed by atoms with Crippen molar-refractivity contribution in [2.45, 2.75) is 57.0 Å². The van der Waals surface area contributed by atoms with Crippen LogP contribution in [-0.4, -0.2) is 52.8 Å². The molecule has 43 heavy (non-hydrogen) atoms. The smallest absolute Gasteiger partial charge is 0.495 e. The third-order valence-corrected chi connectivity index (χ3v) is 8.21. The molecule has 3 N–H and O–H groups in total. The predicted octanol–water partition coefficient (Wildman–Crippen LogP) is 6.48. The summed E-state index contributed by atoms with van der Waals surface area (Å²) in [7, 11) is 1.29. The summed E-state index contributed by atoms with van der Waals surface area (Å²) < 4.78 is 64.0. The van der Waals surface area contributed by atoms with Gasteiger partial charge in [-0.05, 0) is 71.1 Å². The first-order chi connectivity index (χ1) is 20.4. The summed E-state index contributed by atoms with van der Waals surface area (Å²) in [6.45, 7) is 1.87. The molecule has 0 spiro atoms. The van der Waals surface area contributed by atoms with E-state index in [2.05, 4.69) is 20.6 Å². The highest BCUT2D eigenvalue weighted by Gasteiger charge is 2.37. The number of methoxy groups -OCH3 is 1. The molecule has 14 heteroatoms. The van der Waals surface area contributed by atoms with Gasteiger partial charge in [0, 0.05) is 19.8 Å². The molecular formula is C29H32F3N5O5P+. The molecule has 1 atom stereocenters. The number of hydrogen-bond donors (Lipinski definition) is 3. The van der Waals surface area contributed by atoms with Gasteiger partial charge in [-0.25, -0.2) is 4.98 Å². The summed E-state index contributed by atoms with van der Waals surface area (Å²) >= 11 is 0. The zero-order chi connectivity index (χ0) is 30.9. The zero-order valence-corrected chi connectivity index (χ0v) is 24.8. The molecule has 1 aliphatic carbocycles. The molecule has 1 amide bonds. The van der Waals surface area contributed by atoms with Gasteiger partial charge in [0.25, 0.3) is 5.91 Å². The fourth-order valence-electron chi connectivity index (χ4n) is 5.54. The van der Waals surface area contributed by atoms with Gasteiger partial charge >= 0.3 is 14.2 Å². The Morgan fingerprint density at radius 2 is 1.84 bits per heavy atom. The summed E-state index contributed by atoms with van der Waals surface area (Å²) in [5.74, 6) is -0.435. The number of benzene rings is 2. The number of aliphatic hydroxyl groups excluding tert-OH is 1. The SMILES string of the molecule is COc1cc(CO[P+](C)=O)ccc1Nc1ncc(C(F)(F)F)c(Nc2ccc(C3CCC(O)CC3)c3c2C(=O)N(C)C3)n1. The highest BCUT2D eigenvalue weighted by atomic mass is 31.1. The maximum absolute atomic E-state index is 14.1. The lowest BCUT2D eigenvalue weighted by Crippen LogP contribution is -2.18. The molecule has 2 aromatic carbocycles. The van der Waals surface area contributed by atoms with Crippen molar-refractivity contribution in [3.8, 4) is 5.75 Å². The number of carbonyl (C=O) groups excluding carboxylic acids is 1. The Kier molecular flexibility index (Phi) is 8.86. The Balaban J connectivity index is 1.48. The fourth-order valence-corrected chi connectivity index (χ4v) is 5.87. The summed E-state index contributed by atoms with van der Waals surface area (Å²) in [5, 5.41) is 15.6. The largest absolute Gasteiger partial charge is 0.505 e. The molecule has 1 unspecified atom stereocenters. The van der Waals surface area contributed by atoms with Gasteiger partial charge in [0.05, 0.1) is 30.2 Å². The van der Waals surface area contributed by atoms with Crippen molar-refractivity contribution in [3.63, 3.8) is 0 Å². The van der Waals surface area contributed by atoms with Crippen molar-refractivity contribution < 1.29 is 36.9 Å². The maximum atomic E-state index is 14.1. The molecule has 0 bridgehead atoms. The standard InChI is InChI=1S/C29H31F3N5O5P/c1-37-14-20-19(17-5-7-18(38)8-6-17)9-11-23(25(20)27(37)39)34-26-21(29(30,31)32)13-33-28(36-26)35-22-10-4-16(12-24(22)41-2)15-42-43(3)40/h4,9-13,17-18,38H,5-8,14-15H2,1-3H3,(H-,33,34,35,36,39)/p+1. The Morgan fingerprint density at radius 3 is 2.51 bits per heavy atom. The van der Waals surface area contributed by atoms with Crippen LogP contribution in [0.15, 0.2) is 36.5 Å². The number of amides is 1. The fraction of sp³-hybridized carbons (Fsp3) is 0.414. The monoisotopic (exact) mass is 618 g/mol. The molecular weight excluding hydrogens is 586 g/mol. The number of aromatic nitrogens is 2. The van der Waals surface area contributed by atoms with Crippen LogP contribution in [0.5, 0.6) is 5.75 Å². The molecule has 10 nitrogen and oxygen atoms in total. The molecule has 2 heterocycles. The van der Waals surface area contributed by atoms with E-state index in [-0.39, 0.29) is 36.2 Å². The number of nitrogens with one attached hydrogen (secondary N) is 2. The molecule has 0 saturated heterocycles. The Morgan fingerprint density at radius 1 is 1.12 bits per heavy atom. The van der Waals surface area contributed by atoms with Gasteiger partial charge in [-0.2, -0.15) is 18.2 Å². The number of carbonyl (C=O) groups is 1. The van der Waals surface area contributed by atoms with Gasteiger partial charge in [0.15, 0.2) is 6.66 Å². The highest BCUT2D eigenvalue weighted by Crippen LogP contribution is 2.42. The number of rotatable bonds is 9. The summed E-state index contributed by atoms with van der Waals surface area (Å²) in [6, 6.07) is 8.43. The first kappa shape index (κ1) is 30.7. The van der Waals surface area contributed by atoms with Crippen LogP contribution in [0.3, 0.4) is 0 Å². The second-order valence-corrected chi connectivity index (χ2v) is 11.8. The minimum Gasteiger partial charge on any atom is -0.495 e. The molecule has 0 radical (unpaired) electrons. The lowest BCUT2D eigenvalue weighted by atomic mass is 9.80. The van der Waals surface area contributed by atoms with Gasteiger partial charge in [-0.1, -0.05) is 12.1 Å². The van der Waals surface area contributed by atoms with Crippen LogP contribution in [0, 0.1) is 0 Å². The van der Waals surface area contributed by atoms with E-state index in [0.717, 1.165) is 24.0 Å². The van der Waals surface area contributed by atoms with Crippen LogP contribution in [0.25, 0.3) is 0 Å². The van der Waals surface area contributed by atoms with Gasteiger partial charge in [0.1, 0.15) is 23.7 Å². The number of hydrogen-bond acceptors (Lipinski definition) is 9. The molecule has 1 saturated carbocycles. The Bertz CT molecular complexity index is 1550. The van der Waals surface area contributed by atoms with Crippen molar-refractivity contribution in [3.05, 3.63) is 64.3 Å². The van der Waals surface area contributed by atoms with Gasteiger partial charge in [-0.15, -0.1) is 4.52 Å². The lowest BCUT2D eigenvalue weighted by Gasteiger charge is -2.27. The molecule has 1 fully saturated rings. The van der Waals surface area contributed by atoms with Crippen molar-refractivity contribution in [1.82, 2.24) is 14.9 Å². The summed E-state index contributed by atoms with van der Waals surface area (Å²) in [6.07, 6.45) is -1.56. The average Bonchev–Trinajstić information content (AvgIpc) is 3.26. The minimum atomic E-state index is -4.77.